The van der Waals surface area contributed by atoms with Gasteiger partial charge in [-0.05, 0) is 54.3 Å². The van der Waals surface area contributed by atoms with E-state index in [1.54, 1.807) is 6.20 Å². The number of nitrogens with zero attached hydrogens (tertiary/aromatic N) is 1. The molecule has 25 heavy (non-hydrogen) atoms. The van der Waals surface area contributed by atoms with Gasteiger partial charge in [0, 0.05) is 16.9 Å². The summed E-state index contributed by atoms with van der Waals surface area (Å²) < 4.78 is 0. The van der Waals surface area contributed by atoms with Gasteiger partial charge in [0.15, 0.2) is 0 Å². The zero-order chi connectivity index (χ0) is 16.8. The summed E-state index contributed by atoms with van der Waals surface area (Å²) in [7, 11) is 0. The monoisotopic (exact) mass is 352 g/mol. The first-order valence-electron chi connectivity index (χ1n) is 7.77. The van der Waals surface area contributed by atoms with Gasteiger partial charge in [-0.2, -0.15) is 0 Å². The maximum Gasteiger partial charge on any atom is 0.274 e. The number of hydrogen-bond acceptors (Lipinski definition) is 2. The minimum Gasteiger partial charge on any atom is -0.321 e. The van der Waals surface area contributed by atoms with Crippen LogP contribution in [0, 0.1) is 0 Å². The van der Waals surface area contributed by atoms with Crippen LogP contribution >= 0.6 is 11.6 Å². The Hall–Kier alpha value is -2.65. The Morgan fingerprint density at radius 3 is 2.52 bits per heavy atom. The molecule has 3 aromatic rings. The fourth-order valence-corrected chi connectivity index (χ4v) is 2.74. The Morgan fingerprint density at radius 1 is 0.960 bits per heavy atom. The summed E-state index contributed by atoms with van der Waals surface area (Å²) in [6.45, 7) is 0. The zero-order valence-electron chi connectivity index (χ0n) is 13.1. The molecule has 1 aromatic heterocycles. The maximum atomic E-state index is 12.5. The third-order valence-corrected chi connectivity index (χ3v) is 3.95. The molecule has 128 valence electrons. The first-order valence-corrected chi connectivity index (χ1v) is 8.15. The molecule has 0 fully saturated rings. The number of pyridine rings is 1. The van der Waals surface area contributed by atoms with Crippen molar-refractivity contribution in [2.24, 2.45) is 0 Å². The van der Waals surface area contributed by atoms with E-state index in [9.17, 15) is 4.79 Å². The second kappa shape index (κ2) is 9.00. The van der Waals surface area contributed by atoms with E-state index < -0.39 is 0 Å². The van der Waals surface area contributed by atoms with Gasteiger partial charge in [0.1, 0.15) is 5.69 Å². The van der Waals surface area contributed by atoms with E-state index in [0.717, 1.165) is 34.7 Å². The molecule has 0 aliphatic rings. The van der Waals surface area contributed by atoms with Gasteiger partial charge >= 0.3 is 0 Å². The maximum absolute atomic E-state index is 12.5. The highest BCUT2D eigenvalue weighted by Crippen LogP contribution is 2.16. The molecule has 0 saturated carbocycles. The summed E-state index contributed by atoms with van der Waals surface area (Å²) in [4.78, 5) is 16.8. The molecular weight excluding hydrogens is 332 g/mol. The van der Waals surface area contributed by atoms with E-state index in [0.29, 0.717) is 5.69 Å². The standard InChI is InChI=1S/C20H17ClN2O.CH4/c21-17-8-4-6-15(14-17)11-12-16-7-5-13-22-19(16)20(24)23-18-9-2-1-3-10-18;/h1-10,13-14H,11-12H2,(H,23,24);1H4. The Balaban J connectivity index is 0.00000225. The van der Waals surface area contributed by atoms with Gasteiger partial charge in [-0.15, -0.1) is 0 Å². The summed E-state index contributed by atoms with van der Waals surface area (Å²) >= 11 is 6.02. The number of nitrogens with one attached hydrogen (secondary N) is 1. The van der Waals surface area contributed by atoms with E-state index in [2.05, 4.69) is 10.3 Å². The summed E-state index contributed by atoms with van der Waals surface area (Å²) in [6, 6.07) is 20.9. The van der Waals surface area contributed by atoms with Crippen LogP contribution < -0.4 is 5.32 Å². The molecule has 1 heterocycles. The second-order valence-electron chi connectivity index (χ2n) is 5.46. The first-order chi connectivity index (χ1) is 11.7. The quantitative estimate of drug-likeness (QED) is 0.667. The number of para-hydroxylation sites is 1. The van der Waals surface area contributed by atoms with Crippen LogP contribution in [0.25, 0.3) is 0 Å². The summed E-state index contributed by atoms with van der Waals surface area (Å²) in [5.74, 6) is -0.192. The lowest BCUT2D eigenvalue weighted by Gasteiger charge is -2.09. The molecule has 0 saturated heterocycles. The van der Waals surface area contributed by atoms with Crippen molar-refractivity contribution in [1.82, 2.24) is 4.98 Å². The van der Waals surface area contributed by atoms with Crippen molar-refractivity contribution in [2.45, 2.75) is 20.3 Å². The van der Waals surface area contributed by atoms with Gasteiger partial charge in [-0.25, -0.2) is 0 Å². The highest BCUT2D eigenvalue weighted by molar-refractivity contribution is 6.30. The molecule has 0 spiro atoms. The zero-order valence-corrected chi connectivity index (χ0v) is 13.8. The lowest BCUT2D eigenvalue weighted by atomic mass is 10.0. The van der Waals surface area contributed by atoms with Crippen LogP contribution in [0.3, 0.4) is 0 Å². The number of benzene rings is 2. The topological polar surface area (TPSA) is 42.0 Å². The van der Waals surface area contributed by atoms with E-state index in [1.165, 1.54) is 0 Å². The molecule has 0 aliphatic carbocycles. The number of aromatic nitrogens is 1. The van der Waals surface area contributed by atoms with Crippen molar-refractivity contribution in [3.63, 3.8) is 0 Å². The lowest BCUT2D eigenvalue weighted by molar-refractivity contribution is 0.102. The second-order valence-corrected chi connectivity index (χ2v) is 5.90. The van der Waals surface area contributed by atoms with E-state index >= 15 is 0 Å². The molecule has 0 radical (unpaired) electrons. The van der Waals surface area contributed by atoms with Crippen molar-refractivity contribution in [1.29, 1.82) is 0 Å². The average molecular weight is 353 g/mol. The minimum atomic E-state index is -0.192. The van der Waals surface area contributed by atoms with Gasteiger partial charge < -0.3 is 5.32 Å². The number of hydrogen-bond donors (Lipinski definition) is 1. The van der Waals surface area contributed by atoms with Crippen LogP contribution in [-0.4, -0.2) is 10.9 Å². The largest absolute Gasteiger partial charge is 0.321 e. The molecule has 0 atom stereocenters. The lowest BCUT2D eigenvalue weighted by Crippen LogP contribution is -2.16. The predicted molar refractivity (Wildman–Crippen MR) is 104 cm³/mol. The molecule has 3 nitrogen and oxygen atoms in total. The van der Waals surface area contributed by atoms with Gasteiger partial charge in [0.2, 0.25) is 0 Å². The van der Waals surface area contributed by atoms with Crippen molar-refractivity contribution in [2.75, 3.05) is 5.32 Å². The number of rotatable bonds is 5. The van der Waals surface area contributed by atoms with Crippen LogP contribution in [0.4, 0.5) is 5.69 Å². The van der Waals surface area contributed by atoms with Gasteiger partial charge in [-0.1, -0.05) is 55.4 Å². The smallest absolute Gasteiger partial charge is 0.274 e. The predicted octanol–water partition coefficient (Wildman–Crippen LogP) is 5.41. The molecular formula is C21H21ClN2O. The molecule has 0 aliphatic heterocycles. The van der Waals surface area contributed by atoms with Gasteiger partial charge in [0.05, 0.1) is 0 Å². The Labute approximate surface area is 153 Å². The third kappa shape index (κ3) is 5.16. The molecule has 0 unspecified atom stereocenters. The Bertz CT molecular complexity index is 834. The molecule has 4 heteroatoms. The minimum absolute atomic E-state index is 0. The summed E-state index contributed by atoms with van der Waals surface area (Å²) in [5, 5.41) is 3.61. The third-order valence-electron chi connectivity index (χ3n) is 3.71. The molecule has 1 N–H and O–H groups in total. The Kier molecular flexibility index (Phi) is 6.72. The fraction of sp³-hybridized carbons (Fsp3) is 0.143. The number of carbonyl (C=O) groups is 1. The number of halogens is 1. The first kappa shape index (κ1) is 18.7. The normalized spacial score (nSPS) is 9.96. The number of anilines is 1. The highest BCUT2D eigenvalue weighted by Gasteiger charge is 2.13. The van der Waals surface area contributed by atoms with Crippen LogP contribution in [0.1, 0.15) is 29.0 Å². The van der Waals surface area contributed by atoms with Gasteiger partial charge in [-0.3, -0.25) is 9.78 Å². The van der Waals surface area contributed by atoms with Crippen molar-refractivity contribution >= 4 is 23.2 Å². The summed E-state index contributed by atoms with van der Waals surface area (Å²) in [5.41, 5.74) is 3.28. The number of aryl methyl sites for hydroxylation is 2. The van der Waals surface area contributed by atoms with E-state index in [1.807, 2.05) is 66.7 Å². The summed E-state index contributed by atoms with van der Waals surface area (Å²) in [6.07, 6.45) is 3.17. The SMILES string of the molecule is C.O=C(Nc1ccccc1)c1ncccc1CCc1cccc(Cl)c1. The van der Waals surface area contributed by atoms with Gasteiger partial charge in [0.25, 0.3) is 5.91 Å². The fourth-order valence-electron chi connectivity index (χ4n) is 2.53. The molecule has 3 rings (SSSR count). The molecule has 0 bridgehead atoms. The Morgan fingerprint density at radius 2 is 1.76 bits per heavy atom. The van der Waals surface area contributed by atoms with Crippen LogP contribution in [0.2, 0.25) is 5.02 Å². The van der Waals surface area contributed by atoms with Crippen molar-refractivity contribution < 1.29 is 4.79 Å². The van der Waals surface area contributed by atoms with Crippen molar-refractivity contribution in [3.05, 3.63) is 94.8 Å². The van der Waals surface area contributed by atoms with E-state index in [-0.39, 0.29) is 13.3 Å². The van der Waals surface area contributed by atoms with Crippen LogP contribution in [0.5, 0.6) is 0 Å². The number of carbonyl (C=O) groups excluding carboxylic acids is 1. The van der Waals surface area contributed by atoms with Crippen LogP contribution in [0.15, 0.2) is 72.9 Å². The van der Waals surface area contributed by atoms with Crippen molar-refractivity contribution in [3.8, 4) is 0 Å². The highest BCUT2D eigenvalue weighted by atomic mass is 35.5. The molecule has 2 aromatic carbocycles. The van der Waals surface area contributed by atoms with Crippen LogP contribution in [-0.2, 0) is 12.8 Å². The average Bonchev–Trinajstić information content (AvgIpc) is 2.61. The van der Waals surface area contributed by atoms with E-state index in [4.69, 9.17) is 11.6 Å². The molecule has 1 amide bonds. The number of amides is 1.